The minimum atomic E-state index is -2.08. The van der Waals surface area contributed by atoms with Crippen LogP contribution < -0.4 is 0 Å². The molecule has 0 aromatic heterocycles. The van der Waals surface area contributed by atoms with Gasteiger partial charge in [0.1, 0.15) is 0 Å². The highest BCUT2D eigenvalue weighted by Crippen LogP contribution is 2.43. The molecule has 25 heavy (non-hydrogen) atoms. The van der Waals surface area contributed by atoms with Crippen LogP contribution in [0.5, 0.6) is 0 Å². The predicted molar refractivity (Wildman–Crippen MR) is 106 cm³/mol. The number of fused-ring (bicyclic) bond motifs is 1. The van der Waals surface area contributed by atoms with Crippen molar-refractivity contribution in [1.82, 2.24) is 0 Å². The van der Waals surface area contributed by atoms with Crippen LogP contribution in [0.1, 0.15) is 39.7 Å². The van der Waals surface area contributed by atoms with Gasteiger partial charge in [0.05, 0.1) is 19.1 Å². The number of esters is 1. The zero-order valence-corrected chi connectivity index (χ0v) is 17.5. The zero-order valence-electron chi connectivity index (χ0n) is 16.5. The van der Waals surface area contributed by atoms with Crippen molar-refractivity contribution in [3.63, 3.8) is 0 Å². The van der Waals surface area contributed by atoms with Crippen LogP contribution in [0.4, 0.5) is 0 Å². The van der Waals surface area contributed by atoms with Crippen molar-refractivity contribution < 1.29 is 14.0 Å². The predicted octanol–water partition coefficient (Wildman–Crippen LogP) is 5.64. The van der Waals surface area contributed by atoms with Gasteiger partial charge in [0.2, 0.25) is 0 Å². The molecule has 0 radical (unpaired) electrons. The number of ether oxygens (including phenoxy) is 1. The average Bonchev–Trinajstić information content (AvgIpc) is 2.52. The van der Waals surface area contributed by atoms with Crippen LogP contribution in [0.15, 0.2) is 42.5 Å². The van der Waals surface area contributed by atoms with E-state index < -0.39 is 13.9 Å². The smallest absolute Gasteiger partial charge is 0.308 e. The Morgan fingerprint density at radius 3 is 2.16 bits per heavy atom. The van der Waals surface area contributed by atoms with Crippen LogP contribution in [0, 0.1) is 0 Å². The van der Waals surface area contributed by atoms with E-state index in [9.17, 15) is 4.79 Å². The summed E-state index contributed by atoms with van der Waals surface area (Å²) in [6.07, 6.45) is 0.203. The Labute approximate surface area is 152 Å². The maximum Gasteiger partial charge on any atom is 0.308 e. The third kappa shape index (κ3) is 4.31. The van der Waals surface area contributed by atoms with Crippen molar-refractivity contribution in [2.45, 2.75) is 57.8 Å². The molecule has 0 N–H and O–H groups in total. The molecule has 2 aromatic carbocycles. The number of methoxy groups -OCH3 is 1. The molecule has 136 valence electrons. The van der Waals surface area contributed by atoms with Crippen molar-refractivity contribution in [3.05, 3.63) is 48.0 Å². The van der Waals surface area contributed by atoms with Gasteiger partial charge in [-0.3, -0.25) is 4.79 Å². The first kappa shape index (κ1) is 19.7. The van der Waals surface area contributed by atoms with Gasteiger partial charge in [-0.05, 0) is 47.5 Å². The molecule has 0 amide bonds. The Balaban J connectivity index is 2.51. The van der Waals surface area contributed by atoms with Gasteiger partial charge in [-0.15, -0.1) is 0 Å². The lowest BCUT2D eigenvalue weighted by atomic mass is 9.91. The fraction of sp³-hybridized carbons (Fsp3) is 0.476. The van der Waals surface area contributed by atoms with Crippen molar-refractivity contribution in [3.8, 4) is 0 Å². The Morgan fingerprint density at radius 1 is 1.00 bits per heavy atom. The summed E-state index contributed by atoms with van der Waals surface area (Å²) in [5.74, 6) is -0.255. The molecule has 0 aliphatic rings. The molecule has 0 aliphatic carbocycles. The summed E-state index contributed by atoms with van der Waals surface area (Å²) < 4.78 is 11.7. The monoisotopic (exact) mass is 358 g/mol. The second-order valence-electron chi connectivity index (χ2n) is 8.41. The first-order valence-corrected chi connectivity index (χ1v) is 11.7. The van der Waals surface area contributed by atoms with Crippen LogP contribution in [0.25, 0.3) is 10.8 Å². The lowest BCUT2D eigenvalue weighted by molar-refractivity contribution is -0.145. The van der Waals surface area contributed by atoms with Crippen LogP contribution in [0.3, 0.4) is 0 Å². The molecule has 0 heterocycles. The van der Waals surface area contributed by atoms with E-state index in [2.05, 4.69) is 64.2 Å². The van der Waals surface area contributed by atoms with Gasteiger partial charge in [-0.1, -0.05) is 57.2 Å². The summed E-state index contributed by atoms with van der Waals surface area (Å²) in [6.45, 7) is 13.1. The van der Waals surface area contributed by atoms with Gasteiger partial charge in [0, 0.05) is 0 Å². The molecule has 0 bridgehead atoms. The van der Waals surface area contributed by atoms with Crippen LogP contribution in [0.2, 0.25) is 18.1 Å². The van der Waals surface area contributed by atoms with Crippen molar-refractivity contribution in [2.24, 2.45) is 0 Å². The zero-order chi connectivity index (χ0) is 18.9. The largest absolute Gasteiger partial charge is 0.469 e. The molecule has 2 aromatic rings. The molecule has 3 nitrogen and oxygen atoms in total. The van der Waals surface area contributed by atoms with Crippen molar-refractivity contribution in [1.29, 1.82) is 0 Å². The highest BCUT2D eigenvalue weighted by Gasteiger charge is 2.44. The molecule has 4 heteroatoms. The number of carbonyl (C=O) groups excluding carboxylic acids is 1. The van der Waals surface area contributed by atoms with Crippen molar-refractivity contribution in [2.75, 3.05) is 7.11 Å². The van der Waals surface area contributed by atoms with Gasteiger partial charge in [-0.2, -0.15) is 0 Å². The Kier molecular flexibility index (Phi) is 5.45. The van der Waals surface area contributed by atoms with Gasteiger partial charge < -0.3 is 9.16 Å². The molecule has 0 saturated carbocycles. The average molecular weight is 359 g/mol. The lowest BCUT2D eigenvalue weighted by Gasteiger charge is -2.44. The van der Waals surface area contributed by atoms with E-state index >= 15 is 0 Å². The molecular weight excluding hydrogens is 328 g/mol. The number of rotatable bonds is 5. The minimum absolute atomic E-state index is 0.0568. The molecular formula is C21H30O3Si. The first-order valence-electron chi connectivity index (χ1n) is 8.75. The Morgan fingerprint density at radius 2 is 1.60 bits per heavy atom. The van der Waals surface area contributed by atoms with Gasteiger partial charge in [-0.25, -0.2) is 0 Å². The fourth-order valence-electron chi connectivity index (χ4n) is 2.78. The summed E-state index contributed by atoms with van der Waals surface area (Å²) in [5, 5.41) is 2.38. The summed E-state index contributed by atoms with van der Waals surface area (Å²) >= 11 is 0. The SMILES string of the molecule is COC(=O)C[C@](C)(O[Si](C)(C)C(C)(C)C)c1ccc2ccccc2c1. The Hall–Kier alpha value is -1.65. The van der Waals surface area contributed by atoms with Gasteiger partial charge >= 0.3 is 5.97 Å². The van der Waals surface area contributed by atoms with E-state index in [-0.39, 0.29) is 17.4 Å². The summed E-state index contributed by atoms with van der Waals surface area (Å²) in [4.78, 5) is 12.1. The fourth-order valence-corrected chi connectivity index (χ4v) is 4.40. The van der Waals surface area contributed by atoms with Crippen molar-refractivity contribution >= 4 is 25.1 Å². The Bertz CT molecular complexity index is 761. The molecule has 0 unspecified atom stereocenters. The van der Waals surface area contributed by atoms with E-state index in [1.54, 1.807) is 0 Å². The highest BCUT2D eigenvalue weighted by molar-refractivity contribution is 6.74. The van der Waals surface area contributed by atoms with E-state index in [0.29, 0.717) is 0 Å². The second kappa shape index (κ2) is 6.93. The van der Waals surface area contributed by atoms with Crippen LogP contribution >= 0.6 is 0 Å². The number of hydrogen-bond donors (Lipinski definition) is 0. The quantitative estimate of drug-likeness (QED) is 0.512. The topological polar surface area (TPSA) is 35.5 Å². The molecule has 0 spiro atoms. The second-order valence-corrected chi connectivity index (χ2v) is 13.1. The third-order valence-electron chi connectivity index (χ3n) is 5.36. The highest BCUT2D eigenvalue weighted by atomic mass is 28.4. The van der Waals surface area contributed by atoms with E-state index in [1.807, 2.05) is 19.1 Å². The summed E-state index contributed by atoms with van der Waals surface area (Å²) in [5.41, 5.74) is 0.307. The lowest BCUT2D eigenvalue weighted by Crippen LogP contribution is -2.48. The number of carbonyl (C=O) groups is 1. The standard InChI is InChI=1S/C21H30O3Si/c1-20(2,3)25(6,7)24-21(4,15-19(22)23-5)18-13-12-16-10-8-9-11-17(16)14-18/h8-14H,15H2,1-7H3/t21-/m0/s1. The summed E-state index contributed by atoms with van der Waals surface area (Å²) in [6, 6.07) is 14.5. The summed E-state index contributed by atoms with van der Waals surface area (Å²) in [7, 11) is -0.652. The first-order chi connectivity index (χ1) is 11.5. The van der Waals surface area contributed by atoms with Gasteiger partial charge in [0.25, 0.3) is 0 Å². The number of hydrogen-bond acceptors (Lipinski definition) is 3. The molecule has 1 atom stereocenters. The minimum Gasteiger partial charge on any atom is -0.469 e. The molecule has 0 aliphatic heterocycles. The van der Waals surface area contributed by atoms with Crippen LogP contribution in [-0.4, -0.2) is 21.4 Å². The normalized spacial score (nSPS) is 15.0. The van der Waals surface area contributed by atoms with E-state index in [4.69, 9.17) is 9.16 Å². The van der Waals surface area contributed by atoms with E-state index in [1.165, 1.54) is 12.5 Å². The third-order valence-corrected chi connectivity index (χ3v) is 9.93. The maximum absolute atomic E-state index is 12.1. The number of benzene rings is 2. The van der Waals surface area contributed by atoms with Crippen LogP contribution in [-0.2, 0) is 19.6 Å². The molecule has 0 saturated heterocycles. The molecule has 0 fully saturated rings. The van der Waals surface area contributed by atoms with E-state index in [0.717, 1.165) is 10.9 Å². The van der Waals surface area contributed by atoms with Gasteiger partial charge in [0.15, 0.2) is 8.32 Å². The molecule has 2 rings (SSSR count). The maximum atomic E-state index is 12.1.